The number of nitrogens with one attached hydrogen (secondary N) is 1. The third kappa shape index (κ3) is 6.32. The van der Waals surface area contributed by atoms with Crippen molar-refractivity contribution in [2.75, 3.05) is 17.3 Å². The first-order chi connectivity index (χ1) is 12.2. The standard InChI is InChI=1S/C18H25NO5S2/c1-12-4-5-16(10-13(12)2)25-8-6-17(20)24-14(3)18(21)19-15-7-9-26(22,23)11-15/h4-5,10,14-15H,6-9,11H2,1-3H3,(H,19,21)/t14-,15+/m0/s1. The molecule has 1 fully saturated rings. The van der Waals surface area contributed by atoms with E-state index in [1.807, 2.05) is 19.1 Å². The van der Waals surface area contributed by atoms with E-state index in [2.05, 4.69) is 18.3 Å². The number of carbonyl (C=O) groups is 2. The first-order valence-corrected chi connectivity index (χ1v) is 11.4. The van der Waals surface area contributed by atoms with Gasteiger partial charge in [-0.05, 0) is 50.5 Å². The summed E-state index contributed by atoms with van der Waals surface area (Å²) in [5.74, 6) is -0.296. The van der Waals surface area contributed by atoms with E-state index in [9.17, 15) is 18.0 Å². The van der Waals surface area contributed by atoms with Gasteiger partial charge >= 0.3 is 5.97 Å². The van der Waals surface area contributed by atoms with Crippen LogP contribution in [0.5, 0.6) is 0 Å². The Hall–Kier alpha value is -1.54. The summed E-state index contributed by atoms with van der Waals surface area (Å²) in [6.45, 7) is 5.59. The lowest BCUT2D eigenvalue weighted by molar-refractivity contribution is -0.154. The number of thioether (sulfide) groups is 1. The first kappa shape index (κ1) is 20.8. The lowest BCUT2D eigenvalue weighted by atomic mass is 10.1. The lowest BCUT2D eigenvalue weighted by Crippen LogP contribution is -2.42. The summed E-state index contributed by atoms with van der Waals surface area (Å²) in [4.78, 5) is 25.0. The average molecular weight is 400 g/mol. The highest BCUT2D eigenvalue weighted by molar-refractivity contribution is 7.99. The van der Waals surface area contributed by atoms with Crippen LogP contribution in [0, 0.1) is 13.8 Å². The SMILES string of the molecule is Cc1ccc(SCCC(=O)O[C@@H](C)C(=O)N[C@@H]2CCS(=O)(=O)C2)cc1C. The molecular weight excluding hydrogens is 374 g/mol. The van der Waals surface area contributed by atoms with Crippen LogP contribution in [0.25, 0.3) is 0 Å². The number of hydrogen-bond acceptors (Lipinski definition) is 6. The van der Waals surface area contributed by atoms with Gasteiger partial charge < -0.3 is 10.1 Å². The van der Waals surface area contributed by atoms with Crippen molar-refractivity contribution in [2.24, 2.45) is 0 Å². The summed E-state index contributed by atoms with van der Waals surface area (Å²) >= 11 is 1.56. The Morgan fingerprint density at radius 1 is 1.31 bits per heavy atom. The van der Waals surface area contributed by atoms with Gasteiger partial charge in [0.25, 0.3) is 5.91 Å². The van der Waals surface area contributed by atoms with Crippen LogP contribution >= 0.6 is 11.8 Å². The number of esters is 1. The predicted molar refractivity (Wildman–Crippen MR) is 102 cm³/mol. The number of hydrogen-bond donors (Lipinski definition) is 1. The zero-order chi connectivity index (χ0) is 19.3. The lowest BCUT2D eigenvalue weighted by Gasteiger charge is -2.16. The number of aryl methyl sites for hydroxylation is 2. The molecule has 1 saturated heterocycles. The fourth-order valence-corrected chi connectivity index (χ4v) is 5.20. The maximum Gasteiger partial charge on any atom is 0.307 e. The molecule has 144 valence electrons. The second-order valence-corrected chi connectivity index (χ2v) is 9.98. The summed E-state index contributed by atoms with van der Waals surface area (Å²) in [5, 5.41) is 2.63. The molecule has 1 amide bonds. The van der Waals surface area contributed by atoms with Crippen molar-refractivity contribution in [3.8, 4) is 0 Å². The molecule has 2 atom stereocenters. The topological polar surface area (TPSA) is 89.5 Å². The van der Waals surface area contributed by atoms with Gasteiger partial charge in [0.15, 0.2) is 15.9 Å². The van der Waals surface area contributed by atoms with Crippen LogP contribution < -0.4 is 5.32 Å². The molecule has 1 N–H and O–H groups in total. The number of amides is 1. The molecule has 0 unspecified atom stereocenters. The highest BCUT2D eigenvalue weighted by atomic mass is 32.2. The van der Waals surface area contributed by atoms with Gasteiger partial charge in [0.1, 0.15) is 0 Å². The summed E-state index contributed by atoms with van der Waals surface area (Å²) in [7, 11) is -3.06. The second kappa shape index (κ2) is 8.90. The highest BCUT2D eigenvalue weighted by Crippen LogP contribution is 2.22. The van der Waals surface area contributed by atoms with Crippen LogP contribution in [0.3, 0.4) is 0 Å². The molecule has 0 saturated carbocycles. The predicted octanol–water partition coefficient (Wildman–Crippen LogP) is 2.02. The highest BCUT2D eigenvalue weighted by Gasteiger charge is 2.30. The molecule has 0 bridgehead atoms. The van der Waals surface area contributed by atoms with Gasteiger partial charge in [-0.15, -0.1) is 11.8 Å². The fourth-order valence-electron chi connectivity index (χ4n) is 2.59. The van der Waals surface area contributed by atoms with Crippen molar-refractivity contribution in [2.45, 2.75) is 50.7 Å². The molecule has 0 spiro atoms. The fraction of sp³-hybridized carbons (Fsp3) is 0.556. The van der Waals surface area contributed by atoms with Gasteiger partial charge in [-0.2, -0.15) is 0 Å². The van der Waals surface area contributed by atoms with Gasteiger partial charge in [0, 0.05) is 16.7 Å². The molecular formula is C18H25NO5S2. The molecule has 8 heteroatoms. The van der Waals surface area contributed by atoms with E-state index in [4.69, 9.17) is 4.74 Å². The number of ether oxygens (including phenoxy) is 1. The first-order valence-electron chi connectivity index (χ1n) is 8.56. The molecule has 2 rings (SSSR count). The molecule has 0 aliphatic carbocycles. The van der Waals surface area contributed by atoms with Gasteiger partial charge in [0.05, 0.1) is 17.9 Å². The molecule has 1 aromatic rings. The zero-order valence-electron chi connectivity index (χ0n) is 15.3. The minimum Gasteiger partial charge on any atom is -0.453 e. The van der Waals surface area contributed by atoms with Gasteiger partial charge in [-0.3, -0.25) is 9.59 Å². The van der Waals surface area contributed by atoms with Gasteiger partial charge in [0.2, 0.25) is 0 Å². The van der Waals surface area contributed by atoms with Crippen molar-refractivity contribution in [1.29, 1.82) is 0 Å². The average Bonchev–Trinajstić information content (AvgIpc) is 2.89. The third-order valence-corrected chi connectivity index (χ3v) is 7.07. The Kier molecular flexibility index (Phi) is 7.11. The Morgan fingerprint density at radius 3 is 2.65 bits per heavy atom. The Bertz CT molecular complexity index is 776. The van der Waals surface area contributed by atoms with E-state index in [1.165, 1.54) is 18.1 Å². The van der Waals surface area contributed by atoms with Crippen molar-refractivity contribution in [3.63, 3.8) is 0 Å². The Labute approximate surface area is 159 Å². The number of benzene rings is 1. The molecule has 1 aromatic carbocycles. The maximum atomic E-state index is 12.0. The van der Waals surface area contributed by atoms with E-state index in [-0.39, 0.29) is 17.9 Å². The number of rotatable bonds is 7. The van der Waals surface area contributed by atoms with Crippen molar-refractivity contribution >= 4 is 33.5 Å². The minimum atomic E-state index is -3.06. The number of carbonyl (C=O) groups excluding carboxylic acids is 2. The Morgan fingerprint density at radius 2 is 2.04 bits per heavy atom. The smallest absolute Gasteiger partial charge is 0.307 e. The zero-order valence-corrected chi connectivity index (χ0v) is 16.9. The molecule has 0 radical (unpaired) electrons. The summed E-state index contributed by atoms with van der Waals surface area (Å²) < 4.78 is 28.0. The van der Waals surface area contributed by atoms with E-state index in [1.54, 1.807) is 11.8 Å². The molecule has 1 heterocycles. The molecule has 1 aliphatic rings. The quantitative estimate of drug-likeness (QED) is 0.557. The summed E-state index contributed by atoms with van der Waals surface area (Å²) in [6.07, 6.45) is -0.327. The van der Waals surface area contributed by atoms with Crippen LogP contribution in [-0.2, 0) is 24.2 Å². The molecule has 1 aliphatic heterocycles. The molecule has 26 heavy (non-hydrogen) atoms. The van der Waals surface area contributed by atoms with Gasteiger partial charge in [-0.1, -0.05) is 6.07 Å². The van der Waals surface area contributed by atoms with Crippen LogP contribution in [0.2, 0.25) is 0 Å². The van der Waals surface area contributed by atoms with Crippen molar-refractivity contribution in [1.82, 2.24) is 5.32 Å². The minimum absolute atomic E-state index is 0.0496. The summed E-state index contributed by atoms with van der Waals surface area (Å²) in [6, 6.07) is 5.75. The van der Waals surface area contributed by atoms with Crippen molar-refractivity contribution < 1.29 is 22.7 Å². The normalized spacial score (nSPS) is 19.7. The number of sulfone groups is 1. The van der Waals surface area contributed by atoms with Crippen LogP contribution in [0.4, 0.5) is 0 Å². The van der Waals surface area contributed by atoms with Gasteiger partial charge in [-0.25, -0.2) is 8.42 Å². The largest absolute Gasteiger partial charge is 0.453 e. The van der Waals surface area contributed by atoms with E-state index in [0.717, 1.165) is 4.90 Å². The maximum absolute atomic E-state index is 12.0. The Balaban J connectivity index is 1.71. The van der Waals surface area contributed by atoms with E-state index in [0.29, 0.717) is 12.2 Å². The van der Waals surface area contributed by atoms with E-state index >= 15 is 0 Å². The monoisotopic (exact) mass is 399 g/mol. The van der Waals surface area contributed by atoms with E-state index < -0.39 is 33.9 Å². The second-order valence-electron chi connectivity index (χ2n) is 6.59. The van der Waals surface area contributed by atoms with Crippen LogP contribution in [0.1, 0.15) is 30.9 Å². The molecule has 6 nitrogen and oxygen atoms in total. The summed E-state index contributed by atoms with van der Waals surface area (Å²) in [5.41, 5.74) is 2.43. The van der Waals surface area contributed by atoms with Crippen LogP contribution in [0.15, 0.2) is 23.1 Å². The molecule has 0 aromatic heterocycles. The van der Waals surface area contributed by atoms with Crippen LogP contribution in [-0.4, -0.2) is 49.7 Å². The van der Waals surface area contributed by atoms with Crippen molar-refractivity contribution in [3.05, 3.63) is 29.3 Å². The third-order valence-electron chi connectivity index (χ3n) is 4.31.